The van der Waals surface area contributed by atoms with E-state index in [1.807, 2.05) is 60.7 Å². The van der Waals surface area contributed by atoms with Crippen molar-refractivity contribution in [2.24, 2.45) is 5.10 Å². The summed E-state index contributed by atoms with van der Waals surface area (Å²) in [6.45, 7) is 2.19. The van der Waals surface area contributed by atoms with Gasteiger partial charge in [-0.3, -0.25) is 4.79 Å². The number of unbranched alkanes of at least 4 members (excludes halogenated alkanes) is 2. The van der Waals surface area contributed by atoms with Crippen molar-refractivity contribution in [3.05, 3.63) is 89.5 Å². The van der Waals surface area contributed by atoms with Gasteiger partial charge in [0.1, 0.15) is 0 Å². The van der Waals surface area contributed by atoms with Crippen molar-refractivity contribution in [2.75, 3.05) is 0 Å². The van der Waals surface area contributed by atoms with Crippen LogP contribution in [0.15, 0.2) is 83.5 Å². The number of nitrogens with one attached hydrogen (secondary N) is 1. The fourth-order valence-electron chi connectivity index (χ4n) is 3.17. The number of carbonyl (C=O) groups excluding carboxylic acids is 1. The second kappa shape index (κ2) is 10.2. The van der Waals surface area contributed by atoms with Gasteiger partial charge in [-0.05, 0) is 40.8 Å². The minimum absolute atomic E-state index is 0.194. The number of fused-ring (bicyclic) bond motifs is 1. The van der Waals surface area contributed by atoms with E-state index in [0.717, 1.165) is 34.8 Å². The van der Waals surface area contributed by atoms with E-state index in [9.17, 15) is 4.79 Å². The lowest BCUT2D eigenvalue weighted by Crippen LogP contribution is -2.18. The topological polar surface area (TPSA) is 41.5 Å². The SMILES string of the molecule is CCCCCC(/C=N\NC(=O)c1cccc2ccccc12)=C\c1ccccc1. The van der Waals surface area contributed by atoms with Crippen LogP contribution >= 0.6 is 0 Å². The van der Waals surface area contributed by atoms with Crippen LogP contribution in [0.25, 0.3) is 16.8 Å². The molecule has 0 spiro atoms. The maximum Gasteiger partial charge on any atom is 0.271 e. The van der Waals surface area contributed by atoms with E-state index in [-0.39, 0.29) is 5.91 Å². The Morgan fingerprint density at radius 3 is 2.50 bits per heavy atom. The highest BCUT2D eigenvalue weighted by Gasteiger charge is 2.08. The van der Waals surface area contributed by atoms with Crippen molar-refractivity contribution in [2.45, 2.75) is 32.6 Å². The number of amides is 1. The third-order valence-electron chi connectivity index (χ3n) is 4.65. The van der Waals surface area contributed by atoms with Gasteiger partial charge in [0.2, 0.25) is 0 Å². The summed E-state index contributed by atoms with van der Waals surface area (Å²) in [6.07, 6.45) is 8.31. The number of hydrogen-bond acceptors (Lipinski definition) is 2. The maximum atomic E-state index is 12.6. The van der Waals surface area contributed by atoms with Gasteiger partial charge in [0.25, 0.3) is 5.91 Å². The normalized spacial score (nSPS) is 11.8. The second-order valence-corrected chi connectivity index (χ2v) is 6.81. The highest BCUT2D eigenvalue weighted by Crippen LogP contribution is 2.18. The highest BCUT2D eigenvalue weighted by molar-refractivity contribution is 6.07. The summed E-state index contributed by atoms with van der Waals surface area (Å²) >= 11 is 0. The Bertz CT molecular complexity index is 969. The Hall–Kier alpha value is -3.20. The molecule has 0 saturated heterocycles. The van der Waals surface area contributed by atoms with Crippen molar-refractivity contribution in [1.82, 2.24) is 5.43 Å². The van der Waals surface area contributed by atoms with Crippen LogP contribution in [0.1, 0.15) is 48.5 Å². The predicted octanol–water partition coefficient (Wildman–Crippen LogP) is 6.22. The molecule has 28 heavy (non-hydrogen) atoms. The van der Waals surface area contributed by atoms with Gasteiger partial charge in [-0.25, -0.2) is 5.43 Å². The van der Waals surface area contributed by atoms with Crippen LogP contribution in [-0.2, 0) is 0 Å². The molecule has 0 aliphatic carbocycles. The zero-order valence-electron chi connectivity index (χ0n) is 16.3. The van der Waals surface area contributed by atoms with Crippen LogP contribution in [0.4, 0.5) is 0 Å². The van der Waals surface area contributed by atoms with E-state index in [2.05, 4.69) is 35.7 Å². The molecule has 0 fully saturated rings. The molecule has 3 heteroatoms. The van der Waals surface area contributed by atoms with Crippen LogP contribution in [0.5, 0.6) is 0 Å². The van der Waals surface area contributed by atoms with E-state index in [1.54, 1.807) is 6.21 Å². The number of hydrogen-bond donors (Lipinski definition) is 1. The first-order valence-corrected chi connectivity index (χ1v) is 9.84. The molecule has 0 unspecified atom stereocenters. The quantitative estimate of drug-likeness (QED) is 0.285. The van der Waals surface area contributed by atoms with Crippen molar-refractivity contribution in [3.63, 3.8) is 0 Å². The van der Waals surface area contributed by atoms with Crippen LogP contribution < -0.4 is 5.43 Å². The summed E-state index contributed by atoms with van der Waals surface area (Å²) < 4.78 is 0. The van der Waals surface area contributed by atoms with E-state index in [0.29, 0.717) is 5.56 Å². The van der Waals surface area contributed by atoms with Crippen LogP contribution in [0.3, 0.4) is 0 Å². The average molecular weight is 370 g/mol. The highest BCUT2D eigenvalue weighted by atomic mass is 16.2. The lowest BCUT2D eigenvalue weighted by Gasteiger charge is -2.06. The van der Waals surface area contributed by atoms with E-state index in [1.165, 1.54) is 12.8 Å². The third kappa shape index (κ3) is 5.40. The van der Waals surface area contributed by atoms with Gasteiger partial charge in [0.15, 0.2) is 0 Å². The molecular weight excluding hydrogens is 344 g/mol. The summed E-state index contributed by atoms with van der Waals surface area (Å²) in [5.74, 6) is -0.194. The Balaban J connectivity index is 1.73. The molecule has 0 aliphatic rings. The first-order chi connectivity index (χ1) is 13.8. The van der Waals surface area contributed by atoms with Gasteiger partial charge in [-0.1, -0.05) is 92.6 Å². The van der Waals surface area contributed by atoms with Gasteiger partial charge in [-0.2, -0.15) is 5.10 Å². The Morgan fingerprint density at radius 1 is 0.929 bits per heavy atom. The van der Waals surface area contributed by atoms with E-state index < -0.39 is 0 Å². The summed E-state index contributed by atoms with van der Waals surface area (Å²) in [5, 5.41) is 6.21. The zero-order chi connectivity index (χ0) is 19.6. The molecule has 1 amide bonds. The molecule has 0 heterocycles. The fraction of sp³-hybridized carbons (Fsp3) is 0.200. The Labute approximate surface area is 166 Å². The minimum Gasteiger partial charge on any atom is -0.267 e. The van der Waals surface area contributed by atoms with Gasteiger partial charge in [0, 0.05) is 5.56 Å². The van der Waals surface area contributed by atoms with Crippen LogP contribution in [0.2, 0.25) is 0 Å². The van der Waals surface area contributed by atoms with E-state index in [4.69, 9.17) is 0 Å². The molecule has 1 N–H and O–H groups in total. The number of hydrazone groups is 1. The standard InChI is InChI=1S/C25H26N2O/c1-2-3-5-13-21(18-20-11-6-4-7-12-20)19-26-27-25(28)24-17-10-15-22-14-8-9-16-23(22)24/h4,6-12,14-19H,2-3,5,13H2,1H3,(H,27,28)/b21-18+,26-19-. The number of allylic oxidation sites excluding steroid dienone is 1. The van der Waals surface area contributed by atoms with Gasteiger partial charge >= 0.3 is 0 Å². The van der Waals surface area contributed by atoms with Gasteiger partial charge in [-0.15, -0.1) is 0 Å². The zero-order valence-corrected chi connectivity index (χ0v) is 16.3. The number of rotatable bonds is 8. The minimum atomic E-state index is -0.194. The molecule has 0 aliphatic heterocycles. The monoisotopic (exact) mass is 370 g/mol. The maximum absolute atomic E-state index is 12.6. The summed E-state index contributed by atoms with van der Waals surface area (Å²) in [6, 6.07) is 23.8. The molecule has 0 saturated carbocycles. The van der Waals surface area contributed by atoms with Crippen LogP contribution in [0, 0.1) is 0 Å². The van der Waals surface area contributed by atoms with Crippen molar-refractivity contribution >= 4 is 29.0 Å². The summed E-state index contributed by atoms with van der Waals surface area (Å²) in [7, 11) is 0. The largest absolute Gasteiger partial charge is 0.271 e. The fourth-order valence-corrected chi connectivity index (χ4v) is 3.17. The van der Waals surface area contributed by atoms with Crippen LogP contribution in [-0.4, -0.2) is 12.1 Å². The second-order valence-electron chi connectivity index (χ2n) is 6.81. The van der Waals surface area contributed by atoms with Gasteiger partial charge < -0.3 is 0 Å². The molecule has 3 nitrogen and oxygen atoms in total. The summed E-state index contributed by atoms with van der Waals surface area (Å²) in [5.41, 5.74) is 5.57. The molecular formula is C25H26N2O. The molecule has 0 bridgehead atoms. The van der Waals surface area contributed by atoms with Gasteiger partial charge in [0.05, 0.1) is 6.21 Å². The van der Waals surface area contributed by atoms with Crippen molar-refractivity contribution < 1.29 is 4.79 Å². The lowest BCUT2D eigenvalue weighted by atomic mass is 10.0. The molecule has 0 radical (unpaired) electrons. The smallest absolute Gasteiger partial charge is 0.267 e. The number of benzene rings is 3. The van der Waals surface area contributed by atoms with Crippen molar-refractivity contribution in [1.29, 1.82) is 0 Å². The predicted molar refractivity (Wildman–Crippen MR) is 118 cm³/mol. The van der Waals surface area contributed by atoms with Crippen molar-refractivity contribution in [3.8, 4) is 0 Å². The Kier molecular flexibility index (Phi) is 7.14. The summed E-state index contributed by atoms with van der Waals surface area (Å²) in [4.78, 5) is 12.6. The molecule has 142 valence electrons. The molecule has 0 aromatic heterocycles. The molecule has 3 aromatic rings. The van der Waals surface area contributed by atoms with E-state index >= 15 is 0 Å². The Morgan fingerprint density at radius 2 is 1.68 bits per heavy atom. The molecule has 0 atom stereocenters. The first kappa shape index (κ1) is 19.6. The average Bonchev–Trinajstić information content (AvgIpc) is 2.74. The third-order valence-corrected chi connectivity index (χ3v) is 4.65. The number of nitrogens with zero attached hydrogens (tertiary/aromatic N) is 1. The first-order valence-electron chi connectivity index (χ1n) is 9.84. The molecule has 3 rings (SSSR count). The molecule has 3 aromatic carbocycles. The number of carbonyl (C=O) groups is 1. The lowest BCUT2D eigenvalue weighted by molar-refractivity contribution is 0.0957.